The Labute approximate surface area is 181 Å². The van der Waals surface area contributed by atoms with Crippen molar-refractivity contribution in [1.29, 1.82) is 0 Å². The minimum atomic E-state index is -0.271. The van der Waals surface area contributed by atoms with E-state index in [-0.39, 0.29) is 7.92 Å². The van der Waals surface area contributed by atoms with Crippen molar-refractivity contribution in [2.45, 2.75) is 18.8 Å². The summed E-state index contributed by atoms with van der Waals surface area (Å²) in [6.07, 6.45) is 7.25. The molecule has 0 fully saturated rings. The van der Waals surface area contributed by atoms with Crippen molar-refractivity contribution in [2.24, 2.45) is 0 Å². The first-order chi connectivity index (χ1) is 14.2. The third kappa shape index (κ3) is 2.54. The number of hydrogen-bond donors (Lipinski definition) is 0. The van der Waals surface area contributed by atoms with Crippen LogP contribution in [-0.2, 0) is 0 Å². The summed E-state index contributed by atoms with van der Waals surface area (Å²) in [6, 6.07) is 26.5. The maximum Gasteiger partial charge on any atom is 0.0298 e. The summed E-state index contributed by atoms with van der Waals surface area (Å²) in [4.78, 5) is 0. The van der Waals surface area contributed by atoms with Gasteiger partial charge in [-0.3, -0.25) is 0 Å². The van der Waals surface area contributed by atoms with E-state index in [0.29, 0.717) is 11.8 Å². The minimum Gasteiger partial charge on any atom is -0.0720 e. The second kappa shape index (κ2) is 6.66. The van der Waals surface area contributed by atoms with Gasteiger partial charge in [0, 0.05) is 16.3 Å². The van der Waals surface area contributed by atoms with Crippen LogP contribution in [0, 0.1) is 0 Å². The maximum absolute atomic E-state index is 3.85. The van der Waals surface area contributed by atoms with Crippen molar-refractivity contribution >= 4 is 35.2 Å². The zero-order valence-corrected chi connectivity index (χ0v) is 18.6. The highest BCUT2D eigenvalue weighted by atomic mass is 79.9. The Bertz CT molecular complexity index is 1220. The topological polar surface area (TPSA) is 0 Å². The van der Waals surface area contributed by atoms with E-state index >= 15 is 0 Å². The molecule has 0 spiro atoms. The molecular formula is C27H20BrP. The predicted octanol–water partition coefficient (Wildman–Crippen LogP) is 7.68. The molecule has 3 aromatic carbocycles. The van der Waals surface area contributed by atoms with E-state index in [4.69, 9.17) is 0 Å². The van der Waals surface area contributed by atoms with Gasteiger partial charge >= 0.3 is 0 Å². The molecule has 29 heavy (non-hydrogen) atoms. The standard InChI is InChI=1S/C27H20BrP/c1-17-25-16-23(27(17)29(25)19-10-6-3-7-11-19)21-14-15-24(28)26-20(12-13-22(21)26)18-8-4-2-5-9-18/h2-16,20,23H,1H3. The van der Waals surface area contributed by atoms with Crippen LogP contribution in [0.1, 0.15) is 41.0 Å². The van der Waals surface area contributed by atoms with Crippen molar-refractivity contribution < 1.29 is 0 Å². The first-order valence-corrected chi connectivity index (χ1v) is 12.2. The molecule has 2 aliphatic carbocycles. The van der Waals surface area contributed by atoms with E-state index in [9.17, 15) is 0 Å². The lowest BCUT2D eigenvalue weighted by atomic mass is 9.88. The van der Waals surface area contributed by atoms with Gasteiger partial charge in [-0.25, -0.2) is 0 Å². The van der Waals surface area contributed by atoms with E-state index < -0.39 is 0 Å². The van der Waals surface area contributed by atoms with Crippen LogP contribution < -0.4 is 5.30 Å². The first-order valence-electron chi connectivity index (χ1n) is 10.1. The predicted molar refractivity (Wildman–Crippen MR) is 128 cm³/mol. The molecule has 0 nitrogen and oxygen atoms in total. The van der Waals surface area contributed by atoms with Crippen LogP contribution in [0.3, 0.4) is 0 Å². The van der Waals surface area contributed by atoms with E-state index in [1.165, 1.54) is 37.6 Å². The zero-order valence-electron chi connectivity index (χ0n) is 16.1. The molecule has 0 saturated heterocycles. The molecule has 3 atom stereocenters. The fraction of sp³-hybridized carbons (Fsp3) is 0.111. The minimum absolute atomic E-state index is 0.271. The molecule has 0 aromatic heterocycles. The number of halogens is 1. The quantitative estimate of drug-likeness (QED) is 0.355. The van der Waals surface area contributed by atoms with Gasteiger partial charge in [-0.15, -0.1) is 0 Å². The maximum atomic E-state index is 3.85. The molecule has 140 valence electrons. The molecular weight excluding hydrogens is 435 g/mol. The van der Waals surface area contributed by atoms with Gasteiger partial charge in [0.05, 0.1) is 0 Å². The first kappa shape index (κ1) is 17.6. The van der Waals surface area contributed by atoms with Gasteiger partial charge in [0.25, 0.3) is 0 Å². The van der Waals surface area contributed by atoms with Crippen LogP contribution in [-0.4, -0.2) is 0 Å². The summed E-state index contributed by atoms with van der Waals surface area (Å²) in [7, 11) is -0.271. The van der Waals surface area contributed by atoms with Gasteiger partial charge in [-0.05, 0) is 64.7 Å². The van der Waals surface area contributed by atoms with Crippen molar-refractivity contribution in [1.82, 2.24) is 0 Å². The lowest BCUT2D eigenvalue weighted by Gasteiger charge is -2.32. The number of rotatable bonds is 3. The Balaban J connectivity index is 1.43. The average molecular weight is 455 g/mol. The van der Waals surface area contributed by atoms with Gasteiger partial charge in [-0.1, -0.05) is 101 Å². The Hall–Kier alpha value is -2.21. The molecule has 3 unspecified atom stereocenters. The molecule has 0 radical (unpaired) electrons. The largest absolute Gasteiger partial charge is 0.0720 e. The van der Waals surface area contributed by atoms with Crippen LogP contribution in [0.15, 0.2) is 106 Å². The molecule has 2 aliphatic heterocycles. The van der Waals surface area contributed by atoms with E-state index in [1.807, 2.05) is 0 Å². The number of hydrogen-bond acceptors (Lipinski definition) is 0. The molecule has 2 heteroatoms. The molecule has 0 N–H and O–H groups in total. The highest BCUT2D eigenvalue weighted by molar-refractivity contribution is 9.10. The summed E-state index contributed by atoms with van der Waals surface area (Å²) < 4.78 is 1.21. The van der Waals surface area contributed by atoms with Crippen LogP contribution in [0.2, 0.25) is 0 Å². The smallest absolute Gasteiger partial charge is 0.0298 e. The Kier molecular flexibility index (Phi) is 4.05. The Morgan fingerprint density at radius 3 is 2.31 bits per heavy atom. The fourth-order valence-electron chi connectivity index (χ4n) is 5.07. The summed E-state index contributed by atoms with van der Waals surface area (Å²) >= 11 is 3.85. The normalized spacial score (nSPS) is 23.8. The van der Waals surface area contributed by atoms with Gasteiger partial charge in [0.15, 0.2) is 0 Å². The second-order valence-corrected chi connectivity index (χ2v) is 10.9. The molecule has 7 rings (SSSR count). The molecule has 3 aromatic rings. The van der Waals surface area contributed by atoms with Gasteiger partial charge in [0.1, 0.15) is 0 Å². The number of fused-ring (bicyclic) bond motifs is 2. The van der Waals surface area contributed by atoms with Crippen LogP contribution in [0.4, 0.5) is 0 Å². The highest BCUT2D eigenvalue weighted by Gasteiger charge is 2.44. The Morgan fingerprint density at radius 2 is 1.55 bits per heavy atom. The van der Waals surface area contributed by atoms with Gasteiger partial charge in [0.2, 0.25) is 0 Å². The summed E-state index contributed by atoms with van der Waals surface area (Å²) in [5, 5.41) is 4.73. The van der Waals surface area contributed by atoms with Gasteiger partial charge < -0.3 is 0 Å². The third-order valence-electron chi connectivity index (χ3n) is 6.41. The molecule has 2 bridgehead atoms. The summed E-state index contributed by atoms with van der Waals surface area (Å²) in [5.41, 5.74) is 7.17. The average Bonchev–Trinajstić information content (AvgIpc) is 3.47. The van der Waals surface area contributed by atoms with Crippen molar-refractivity contribution in [2.75, 3.05) is 0 Å². The lowest BCUT2D eigenvalue weighted by molar-refractivity contribution is 1.01. The van der Waals surface area contributed by atoms with Crippen LogP contribution in [0.25, 0.3) is 6.08 Å². The summed E-state index contributed by atoms with van der Waals surface area (Å²) in [6.45, 7) is 2.31. The van der Waals surface area contributed by atoms with E-state index in [2.05, 4.69) is 114 Å². The molecule has 0 saturated carbocycles. The van der Waals surface area contributed by atoms with Gasteiger partial charge in [-0.2, -0.15) is 0 Å². The monoisotopic (exact) mass is 454 g/mol. The van der Waals surface area contributed by atoms with Crippen LogP contribution in [0.5, 0.6) is 0 Å². The SMILES string of the molecule is CC1=C2C(c3ccc(Br)c4c3C=CC4c3ccccc3)C=C1P2c1ccccc1. The molecule has 0 amide bonds. The highest BCUT2D eigenvalue weighted by Crippen LogP contribution is 2.74. The van der Waals surface area contributed by atoms with Crippen molar-refractivity contribution in [3.05, 3.63) is 128 Å². The lowest BCUT2D eigenvalue weighted by Crippen LogP contribution is -2.11. The number of allylic oxidation sites excluding steroid dienone is 5. The van der Waals surface area contributed by atoms with Crippen molar-refractivity contribution in [3.63, 3.8) is 0 Å². The zero-order chi connectivity index (χ0) is 19.5. The number of benzene rings is 3. The van der Waals surface area contributed by atoms with E-state index in [0.717, 1.165) is 0 Å². The molecule has 2 heterocycles. The fourth-order valence-corrected chi connectivity index (χ4v) is 8.48. The van der Waals surface area contributed by atoms with Crippen LogP contribution >= 0.6 is 23.9 Å². The Morgan fingerprint density at radius 1 is 0.828 bits per heavy atom. The third-order valence-corrected chi connectivity index (χ3v) is 9.98. The second-order valence-electron chi connectivity index (χ2n) is 7.92. The summed E-state index contributed by atoms with van der Waals surface area (Å²) in [5.74, 6) is 0.757. The van der Waals surface area contributed by atoms with E-state index in [1.54, 1.807) is 10.6 Å². The molecule has 4 aliphatic rings. The van der Waals surface area contributed by atoms with Crippen molar-refractivity contribution in [3.8, 4) is 0 Å².